The van der Waals surface area contributed by atoms with Gasteiger partial charge in [-0.3, -0.25) is 4.79 Å². The van der Waals surface area contributed by atoms with Crippen LogP contribution in [-0.4, -0.2) is 32.1 Å². The summed E-state index contributed by atoms with van der Waals surface area (Å²) in [6.07, 6.45) is 0.271. The second-order valence-electron chi connectivity index (χ2n) is 5.59. The van der Waals surface area contributed by atoms with Gasteiger partial charge in [0.1, 0.15) is 5.75 Å². The van der Waals surface area contributed by atoms with Crippen LogP contribution in [0.5, 0.6) is 5.75 Å². The molecule has 0 saturated heterocycles. The molecule has 2 rings (SSSR count). The summed E-state index contributed by atoms with van der Waals surface area (Å²) in [4.78, 5) is 14.2. The molecule has 1 N–H and O–H groups in total. The Kier molecular flexibility index (Phi) is 6.94. The van der Waals surface area contributed by atoms with E-state index in [1.807, 2.05) is 37.4 Å². The first-order chi connectivity index (χ1) is 11.6. The summed E-state index contributed by atoms with van der Waals surface area (Å²) in [7, 11) is 2.04. The number of nitrogens with one attached hydrogen (secondary N) is 1. The van der Waals surface area contributed by atoms with Crippen molar-refractivity contribution in [1.82, 2.24) is 5.32 Å². The number of halogens is 1. The van der Waals surface area contributed by atoms with Crippen molar-refractivity contribution < 1.29 is 9.53 Å². The number of hydrogen-bond acceptors (Lipinski definition) is 3. The molecule has 0 bridgehead atoms. The molecule has 0 aliphatic carbocycles. The third-order valence-electron chi connectivity index (χ3n) is 3.68. The van der Waals surface area contributed by atoms with Crippen molar-refractivity contribution in [2.75, 3.05) is 25.0 Å². The zero-order valence-electron chi connectivity index (χ0n) is 14.0. The molecule has 0 spiro atoms. The van der Waals surface area contributed by atoms with Gasteiger partial charge in [-0.2, -0.15) is 0 Å². The molecule has 2 aromatic rings. The normalized spacial score (nSPS) is 11.6. The molecule has 0 aliphatic rings. The molecule has 24 heavy (non-hydrogen) atoms. The minimum absolute atomic E-state index is 0.141. The standard InChI is InChI=1S/C19H23ClN2O2/c1-15(24-18-12-7-6-11-17(18)20)19(23)21-13-8-14-22(2)16-9-4-3-5-10-16/h3-7,9-12,15H,8,13-14H2,1-2H3,(H,21,23). The predicted molar refractivity (Wildman–Crippen MR) is 98.9 cm³/mol. The Balaban J connectivity index is 1.70. The topological polar surface area (TPSA) is 41.6 Å². The third-order valence-corrected chi connectivity index (χ3v) is 3.99. The Morgan fingerprint density at radius 2 is 1.83 bits per heavy atom. The van der Waals surface area contributed by atoms with Gasteiger partial charge in [0, 0.05) is 25.8 Å². The van der Waals surface area contributed by atoms with Crippen LogP contribution in [0, 0.1) is 0 Å². The van der Waals surface area contributed by atoms with Crippen LogP contribution in [-0.2, 0) is 4.79 Å². The van der Waals surface area contributed by atoms with Gasteiger partial charge in [-0.1, -0.05) is 41.9 Å². The summed E-state index contributed by atoms with van der Waals surface area (Å²) in [5.41, 5.74) is 1.17. The van der Waals surface area contributed by atoms with E-state index in [9.17, 15) is 4.79 Å². The number of anilines is 1. The largest absolute Gasteiger partial charge is 0.479 e. The molecule has 1 unspecified atom stereocenters. The van der Waals surface area contributed by atoms with Crippen molar-refractivity contribution >= 4 is 23.2 Å². The summed E-state index contributed by atoms with van der Waals surface area (Å²) >= 11 is 6.03. The third kappa shape index (κ3) is 5.46. The van der Waals surface area contributed by atoms with Gasteiger partial charge in [0.2, 0.25) is 0 Å². The van der Waals surface area contributed by atoms with Gasteiger partial charge in [-0.25, -0.2) is 0 Å². The van der Waals surface area contributed by atoms with Gasteiger partial charge in [0.15, 0.2) is 6.10 Å². The van der Waals surface area contributed by atoms with Crippen LogP contribution in [0.2, 0.25) is 5.02 Å². The monoisotopic (exact) mass is 346 g/mol. The van der Waals surface area contributed by atoms with Crippen LogP contribution < -0.4 is 15.0 Å². The van der Waals surface area contributed by atoms with E-state index in [4.69, 9.17) is 16.3 Å². The molecule has 0 saturated carbocycles. The molecule has 0 aliphatic heterocycles. The van der Waals surface area contributed by atoms with E-state index in [0.29, 0.717) is 17.3 Å². The number of ether oxygens (including phenoxy) is 1. The minimum atomic E-state index is -0.586. The maximum absolute atomic E-state index is 12.1. The summed E-state index contributed by atoms with van der Waals surface area (Å²) in [6, 6.07) is 17.3. The molecular weight excluding hydrogens is 324 g/mol. The van der Waals surface area contributed by atoms with E-state index in [1.165, 1.54) is 5.69 Å². The Morgan fingerprint density at radius 3 is 2.54 bits per heavy atom. The van der Waals surface area contributed by atoms with Crippen molar-refractivity contribution in [2.45, 2.75) is 19.4 Å². The Morgan fingerprint density at radius 1 is 1.17 bits per heavy atom. The highest BCUT2D eigenvalue weighted by Gasteiger charge is 2.15. The smallest absolute Gasteiger partial charge is 0.260 e. The summed E-state index contributed by atoms with van der Waals surface area (Å²) in [6.45, 7) is 3.19. The molecule has 1 atom stereocenters. The lowest BCUT2D eigenvalue weighted by atomic mass is 10.3. The molecule has 2 aromatic carbocycles. The fourth-order valence-electron chi connectivity index (χ4n) is 2.27. The second kappa shape index (κ2) is 9.18. The van der Waals surface area contributed by atoms with Crippen LogP contribution in [0.3, 0.4) is 0 Å². The SMILES string of the molecule is CC(Oc1ccccc1Cl)C(=O)NCCCN(C)c1ccccc1. The number of amides is 1. The molecule has 5 heteroatoms. The lowest BCUT2D eigenvalue weighted by Gasteiger charge is -2.20. The van der Waals surface area contributed by atoms with Crippen molar-refractivity contribution in [3.8, 4) is 5.75 Å². The number of para-hydroxylation sites is 2. The van der Waals surface area contributed by atoms with E-state index in [-0.39, 0.29) is 5.91 Å². The van der Waals surface area contributed by atoms with Gasteiger partial charge in [-0.15, -0.1) is 0 Å². The van der Waals surface area contributed by atoms with E-state index in [0.717, 1.165) is 13.0 Å². The van der Waals surface area contributed by atoms with E-state index < -0.39 is 6.10 Å². The first-order valence-corrected chi connectivity index (χ1v) is 8.41. The van der Waals surface area contributed by atoms with Crippen molar-refractivity contribution in [3.05, 3.63) is 59.6 Å². The van der Waals surface area contributed by atoms with E-state index in [1.54, 1.807) is 19.1 Å². The summed E-state index contributed by atoms with van der Waals surface area (Å²) in [5.74, 6) is 0.378. The fourth-order valence-corrected chi connectivity index (χ4v) is 2.45. The highest BCUT2D eigenvalue weighted by Crippen LogP contribution is 2.24. The molecule has 0 fully saturated rings. The average molecular weight is 347 g/mol. The van der Waals surface area contributed by atoms with Gasteiger partial charge in [0.05, 0.1) is 5.02 Å². The molecule has 1 amide bonds. The van der Waals surface area contributed by atoms with Gasteiger partial charge < -0.3 is 15.0 Å². The first kappa shape index (κ1) is 18.1. The highest BCUT2D eigenvalue weighted by molar-refractivity contribution is 6.32. The van der Waals surface area contributed by atoms with Crippen molar-refractivity contribution in [3.63, 3.8) is 0 Å². The Hall–Kier alpha value is -2.20. The van der Waals surface area contributed by atoms with E-state index >= 15 is 0 Å². The Labute approximate surface area is 148 Å². The van der Waals surface area contributed by atoms with Gasteiger partial charge in [0.25, 0.3) is 5.91 Å². The van der Waals surface area contributed by atoms with Crippen LogP contribution in [0.1, 0.15) is 13.3 Å². The molecule has 0 radical (unpaired) electrons. The first-order valence-electron chi connectivity index (χ1n) is 8.03. The highest BCUT2D eigenvalue weighted by atomic mass is 35.5. The van der Waals surface area contributed by atoms with Crippen LogP contribution >= 0.6 is 11.6 Å². The number of benzene rings is 2. The molecule has 0 aromatic heterocycles. The zero-order valence-corrected chi connectivity index (χ0v) is 14.8. The minimum Gasteiger partial charge on any atom is -0.479 e. The summed E-state index contributed by atoms with van der Waals surface area (Å²) < 4.78 is 5.60. The number of nitrogens with zero attached hydrogens (tertiary/aromatic N) is 1. The Bertz CT molecular complexity index is 649. The molecular formula is C19H23ClN2O2. The second-order valence-corrected chi connectivity index (χ2v) is 6.00. The van der Waals surface area contributed by atoms with Gasteiger partial charge >= 0.3 is 0 Å². The maximum Gasteiger partial charge on any atom is 0.260 e. The van der Waals surface area contributed by atoms with E-state index in [2.05, 4.69) is 22.3 Å². The number of carbonyl (C=O) groups is 1. The van der Waals surface area contributed by atoms with Crippen LogP contribution in [0.4, 0.5) is 5.69 Å². The van der Waals surface area contributed by atoms with Gasteiger partial charge in [-0.05, 0) is 37.6 Å². The molecule has 0 heterocycles. The lowest BCUT2D eigenvalue weighted by molar-refractivity contribution is -0.127. The number of hydrogen-bond donors (Lipinski definition) is 1. The fraction of sp³-hybridized carbons (Fsp3) is 0.316. The molecule has 128 valence electrons. The van der Waals surface area contributed by atoms with Crippen LogP contribution in [0.25, 0.3) is 0 Å². The summed E-state index contributed by atoms with van der Waals surface area (Å²) in [5, 5.41) is 3.40. The average Bonchev–Trinajstić information content (AvgIpc) is 2.61. The predicted octanol–water partition coefficient (Wildman–Crippen LogP) is 3.75. The maximum atomic E-state index is 12.1. The lowest BCUT2D eigenvalue weighted by Crippen LogP contribution is -2.37. The van der Waals surface area contributed by atoms with Crippen molar-refractivity contribution in [2.24, 2.45) is 0 Å². The molecule has 4 nitrogen and oxygen atoms in total. The number of carbonyl (C=O) groups excluding carboxylic acids is 1. The van der Waals surface area contributed by atoms with Crippen LogP contribution in [0.15, 0.2) is 54.6 Å². The number of rotatable bonds is 8. The van der Waals surface area contributed by atoms with Crippen molar-refractivity contribution in [1.29, 1.82) is 0 Å². The quantitative estimate of drug-likeness (QED) is 0.740. The zero-order chi connectivity index (χ0) is 17.4.